The maximum Gasteiger partial charge on any atom is 0.297 e. The van der Waals surface area contributed by atoms with Crippen molar-refractivity contribution in [3.63, 3.8) is 0 Å². The van der Waals surface area contributed by atoms with Crippen LogP contribution in [0, 0.1) is 6.92 Å². The summed E-state index contributed by atoms with van der Waals surface area (Å²) in [6, 6.07) is 6.58. The number of oxazole rings is 1. The fraction of sp³-hybridized carbons (Fsp3) is 0.385. The van der Waals surface area contributed by atoms with Gasteiger partial charge in [-0.1, -0.05) is 6.07 Å². The summed E-state index contributed by atoms with van der Waals surface area (Å²) in [7, 11) is 0. The molecule has 0 saturated heterocycles. The number of rotatable bonds is 5. The van der Waals surface area contributed by atoms with Crippen LogP contribution in [0.3, 0.4) is 0 Å². The van der Waals surface area contributed by atoms with E-state index in [1.165, 1.54) is 0 Å². The van der Waals surface area contributed by atoms with Crippen LogP contribution in [0.4, 0.5) is 6.01 Å². The lowest BCUT2D eigenvalue weighted by Gasteiger charge is -2.17. The van der Waals surface area contributed by atoms with Crippen molar-refractivity contribution >= 4 is 17.6 Å². The molecule has 2 aromatic rings. The molecule has 0 aliphatic rings. The van der Waals surface area contributed by atoms with Crippen molar-refractivity contribution in [3.8, 4) is 0 Å². The molecule has 0 aromatic carbocycles. The van der Waals surface area contributed by atoms with E-state index < -0.39 is 0 Å². The summed E-state index contributed by atoms with van der Waals surface area (Å²) in [4.78, 5) is 10.8. The van der Waals surface area contributed by atoms with Gasteiger partial charge in [0, 0.05) is 12.2 Å². The van der Waals surface area contributed by atoms with Crippen molar-refractivity contribution in [3.05, 3.63) is 41.5 Å². The number of nitrogens with zero attached hydrogens (tertiary/aromatic N) is 3. The van der Waals surface area contributed by atoms with Gasteiger partial charge in [0.05, 0.1) is 23.8 Å². The molecule has 0 spiro atoms. The highest BCUT2D eigenvalue weighted by Crippen LogP contribution is 2.16. The molecule has 2 aromatic heterocycles. The van der Waals surface area contributed by atoms with Crippen LogP contribution in [0.1, 0.15) is 24.0 Å². The number of halogens is 1. The SMILES string of the molecule is CCN(Cc1cccc(C)n1)c1nc(CCl)co1. The number of pyridine rings is 1. The van der Waals surface area contributed by atoms with Crippen LogP contribution in [0.5, 0.6) is 0 Å². The molecule has 0 unspecified atom stereocenters. The highest BCUT2D eigenvalue weighted by atomic mass is 35.5. The lowest BCUT2D eigenvalue weighted by molar-refractivity contribution is 0.533. The molecule has 2 rings (SSSR count). The number of aryl methyl sites for hydroxylation is 1. The Hall–Kier alpha value is -1.55. The second-order valence-electron chi connectivity index (χ2n) is 4.04. The minimum atomic E-state index is 0.365. The van der Waals surface area contributed by atoms with Gasteiger partial charge in [0.1, 0.15) is 6.26 Å². The fourth-order valence-electron chi connectivity index (χ4n) is 1.70. The third-order valence-electron chi connectivity index (χ3n) is 2.63. The Bertz CT molecular complexity index is 512. The second-order valence-corrected chi connectivity index (χ2v) is 4.31. The normalized spacial score (nSPS) is 10.6. The topological polar surface area (TPSA) is 42.2 Å². The third kappa shape index (κ3) is 3.01. The Balaban J connectivity index is 2.14. The van der Waals surface area contributed by atoms with Crippen molar-refractivity contribution in [2.75, 3.05) is 11.4 Å². The van der Waals surface area contributed by atoms with Crippen molar-refractivity contribution < 1.29 is 4.42 Å². The third-order valence-corrected chi connectivity index (χ3v) is 2.90. The number of hydrogen-bond donors (Lipinski definition) is 0. The molecule has 0 N–H and O–H groups in total. The fourth-order valence-corrected chi connectivity index (χ4v) is 1.82. The Morgan fingerprint density at radius 1 is 1.28 bits per heavy atom. The number of hydrogen-bond acceptors (Lipinski definition) is 4. The molecule has 96 valence electrons. The lowest BCUT2D eigenvalue weighted by Crippen LogP contribution is -2.23. The van der Waals surface area contributed by atoms with E-state index in [0.29, 0.717) is 18.4 Å². The van der Waals surface area contributed by atoms with Gasteiger partial charge in [-0.25, -0.2) is 0 Å². The highest BCUT2D eigenvalue weighted by molar-refractivity contribution is 6.16. The molecule has 0 amide bonds. The van der Waals surface area contributed by atoms with E-state index in [2.05, 4.69) is 16.9 Å². The number of alkyl halides is 1. The minimum Gasteiger partial charge on any atom is -0.432 e. The summed E-state index contributed by atoms with van der Waals surface area (Å²) in [5.41, 5.74) is 2.77. The van der Waals surface area contributed by atoms with Gasteiger partial charge < -0.3 is 9.32 Å². The van der Waals surface area contributed by atoms with E-state index in [0.717, 1.165) is 23.6 Å². The summed E-state index contributed by atoms with van der Waals surface area (Å²) in [5, 5.41) is 0. The van der Waals surface area contributed by atoms with Crippen molar-refractivity contribution in [2.24, 2.45) is 0 Å². The summed E-state index contributed by atoms with van der Waals surface area (Å²) in [5.74, 6) is 0.365. The van der Waals surface area contributed by atoms with Crippen LogP contribution < -0.4 is 4.90 Å². The first-order chi connectivity index (χ1) is 8.72. The molecule has 2 heterocycles. The van der Waals surface area contributed by atoms with Gasteiger partial charge in [-0.15, -0.1) is 11.6 Å². The first kappa shape index (κ1) is 12.9. The monoisotopic (exact) mass is 265 g/mol. The molecular formula is C13H16ClN3O. The van der Waals surface area contributed by atoms with Crippen LogP contribution >= 0.6 is 11.6 Å². The maximum atomic E-state index is 5.72. The molecule has 0 fully saturated rings. The first-order valence-electron chi connectivity index (χ1n) is 5.90. The number of anilines is 1. The van der Waals surface area contributed by atoms with Crippen LogP contribution in [-0.2, 0) is 12.4 Å². The Morgan fingerprint density at radius 2 is 2.11 bits per heavy atom. The average molecular weight is 266 g/mol. The Labute approximate surface area is 112 Å². The Morgan fingerprint density at radius 3 is 2.72 bits per heavy atom. The zero-order valence-electron chi connectivity index (χ0n) is 10.6. The van der Waals surface area contributed by atoms with Gasteiger partial charge >= 0.3 is 0 Å². The van der Waals surface area contributed by atoms with Gasteiger partial charge in [-0.3, -0.25) is 4.98 Å². The molecular weight excluding hydrogens is 250 g/mol. The van der Waals surface area contributed by atoms with E-state index in [9.17, 15) is 0 Å². The van der Waals surface area contributed by atoms with Crippen LogP contribution in [-0.4, -0.2) is 16.5 Å². The van der Waals surface area contributed by atoms with Gasteiger partial charge in [0.15, 0.2) is 0 Å². The lowest BCUT2D eigenvalue weighted by atomic mass is 10.3. The smallest absolute Gasteiger partial charge is 0.297 e. The summed E-state index contributed by atoms with van der Waals surface area (Å²) in [6.07, 6.45) is 1.59. The van der Waals surface area contributed by atoms with Crippen LogP contribution in [0.2, 0.25) is 0 Å². The summed E-state index contributed by atoms with van der Waals surface area (Å²) < 4.78 is 5.41. The minimum absolute atomic E-state index is 0.365. The van der Waals surface area contributed by atoms with E-state index in [1.807, 2.05) is 30.0 Å². The molecule has 0 atom stereocenters. The van der Waals surface area contributed by atoms with Crippen molar-refractivity contribution in [2.45, 2.75) is 26.3 Å². The van der Waals surface area contributed by atoms with Crippen LogP contribution in [0.15, 0.2) is 28.9 Å². The average Bonchev–Trinajstić information content (AvgIpc) is 2.84. The molecule has 0 aliphatic heterocycles. The molecule has 5 heteroatoms. The highest BCUT2D eigenvalue weighted by Gasteiger charge is 2.12. The molecule has 0 radical (unpaired) electrons. The van der Waals surface area contributed by atoms with Crippen LogP contribution in [0.25, 0.3) is 0 Å². The molecule has 0 aliphatic carbocycles. The summed E-state index contributed by atoms with van der Waals surface area (Å²) in [6.45, 7) is 5.52. The summed E-state index contributed by atoms with van der Waals surface area (Å²) >= 11 is 5.72. The van der Waals surface area contributed by atoms with Crippen molar-refractivity contribution in [1.82, 2.24) is 9.97 Å². The second kappa shape index (κ2) is 5.87. The first-order valence-corrected chi connectivity index (χ1v) is 6.44. The largest absolute Gasteiger partial charge is 0.432 e. The van der Waals surface area contributed by atoms with Gasteiger partial charge in [-0.2, -0.15) is 4.98 Å². The van der Waals surface area contributed by atoms with Crippen molar-refractivity contribution in [1.29, 1.82) is 0 Å². The number of aromatic nitrogens is 2. The predicted molar refractivity (Wildman–Crippen MR) is 71.8 cm³/mol. The van der Waals surface area contributed by atoms with Gasteiger partial charge in [0.2, 0.25) is 0 Å². The quantitative estimate of drug-likeness (QED) is 0.779. The molecule has 0 saturated carbocycles. The van der Waals surface area contributed by atoms with E-state index >= 15 is 0 Å². The zero-order chi connectivity index (χ0) is 13.0. The van der Waals surface area contributed by atoms with Gasteiger partial charge in [0.25, 0.3) is 6.01 Å². The maximum absolute atomic E-state index is 5.72. The van der Waals surface area contributed by atoms with E-state index in [-0.39, 0.29) is 0 Å². The molecule has 0 bridgehead atoms. The van der Waals surface area contributed by atoms with E-state index in [4.69, 9.17) is 16.0 Å². The zero-order valence-corrected chi connectivity index (χ0v) is 11.3. The Kier molecular flexibility index (Phi) is 4.20. The predicted octanol–water partition coefficient (Wildman–Crippen LogP) is 3.14. The van der Waals surface area contributed by atoms with E-state index in [1.54, 1.807) is 6.26 Å². The molecule has 4 nitrogen and oxygen atoms in total. The standard InChI is InChI=1S/C13H16ClN3O/c1-3-17(13-16-12(7-14)9-18-13)8-11-6-4-5-10(2)15-11/h4-6,9H,3,7-8H2,1-2H3. The van der Waals surface area contributed by atoms with Gasteiger partial charge in [-0.05, 0) is 26.0 Å². The molecule has 18 heavy (non-hydrogen) atoms.